The molecule has 2 aliphatic heterocycles. The van der Waals surface area contributed by atoms with Crippen LogP contribution in [0.2, 0.25) is 0 Å². The Bertz CT molecular complexity index is 140. The normalized spacial score (nSPS) is 43.8. The van der Waals surface area contributed by atoms with E-state index >= 15 is 0 Å². The lowest BCUT2D eigenvalue weighted by Crippen LogP contribution is -2.24. The van der Waals surface area contributed by atoms with E-state index in [2.05, 4.69) is 0 Å². The van der Waals surface area contributed by atoms with E-state index in [1.165, 1.54) is 0 Å². The zero-order valence-corrected chi connectivity index (χ0v) is 6.29. The Labute approximate surface area is 60.3 Å². The molecule has 0 N–H and O–H groups in total. The first kappa shape index (κ1) is 6.58. The maximum atomic E-state index is 5.53. The van der Waals surface area contributed by atoms with Crippen molar-refractivity contribution in [1.29, 1.82) is 0 Å². The Hall–Kier alpha value is -0.120. The van der Waals surface area contributed by atoms with Crippen LogP contribution in [0.1, 0.15) is 13.8 Å². The monoisotopic (exact) mass is 144 g/mol. The fourth-order valence-electron chi connectivity index (χ4n) is 1.17. The summed E-state index contributed by atoms with van der Waals surface area (Å²) in [5.41, 5.74) is 0. The standard InChI is InChI=1S/C7H12O3/c1-7(2)9-4-6(10-7)5-3-8-5/h5-6H,3-4H2,1-2H3/t5-,6+/m0/s1. The maximum Gasteiger partial charge on any atom is 0.163 e. The van der Waals surface area contributed by atoms with Gasteiger partial charge in [-0.1, -0.05) is 0 Å². The van der Waals surface area contributed by atoms with E-state index in [9.17, 15) is 0 Å². The smallest absolute Gasteiger partial charge is 0.163 e. The Morgan fingerprint density at radius 1 is 1.20 bits per heavy atom. The van der Waals surface area contributed by atoms with Crippen molar-refractivity contribution >= 4 is 0 Å². The molecule has 2 aliphatic rings. The molecule has 0 amide bonds. The second-order valence-electron chi connectivity index (χ2n) is 3.24. The van der Waals surface area contributed by atoms with Crippen molar-refractivity contribution in [3.05, 3.63) is 0 Å². The van der Waals surface area contributed by atoms with E-state index < -0.39 is 5.79 Å². The van der Waals surface area contributed by atoms with E-state index in [-0.39, 0.29) is 6.10 Å². The molecule has 3 nitrogen and oxygen atoms in total. The molecule has 2 saturated heterocycles. The Kier molecular flexibility index (Phi) is 1.27. The van der Waals surface area contributed by atoms with Gasteiger partial charge in [0.2, 0.25) is 0 Å². The molecule has 0 bridgehead atoms. The Morgan fingerprint density at radius 3 is 2.30 bits per heavy atom. The third-order valence-electron chi connectivity index (χ3n) is 1.80. The quantitative estimate of drug-likeness (QED) is 0.503. The van der Waals surface area contributed by atoms with Gasteiger partial charge in [0.1, 0.15) is 12.2 Å². The highest BCUT2D eigenvalue weighted by atomic mass is 16.8. The van der Waals surface area contributed by atoms with Gasteiger partial charge in [0.05, 0.1) is 13.2 Å². The minimum atomic E-state index is -0.392. The molecule has 2 fully saturated rings. The number of rotatable bonds is 1. The van der Waals surface area contributed by atoms with E-state index in [0.29, 0.717) is 12.7 Å². The first-order chi connectivity index (χ1) is 4.67. The topological polar surface area (TPSA) is 31.0 Å². The molecular weight excluding hydrogens is 132 g/mol. The molecule has 58 valence electrons. The van der Waals surface area contributed by atoms with Crippen LogP contribution in [0.5, 0.6) is 0 Å². The van der Waals surface area contributed by atoms with Crippen molar-refractivity contribution in [2.75, 3.05) is 13.2 Å². The van der Waals surface area contributed by atoms with Crippen molar-refractivity contribution < 1.29 is 14.2 Å². The van der Waals surface area contributed by atoms with Crippen molar-refractivity contribution in [2.24, 2.45) is 0 Å². The molecule has 0 saturated carbocycles. The molecule has 0 aromatic heterocycles. The highest BCUT2D eigenvalue weighted by Crippen LogP contribution is 2.29. The number of hydrogen-bond acceptors (Lipinski definition) is 3. The zero-order valence-electron chi connectivity index (χ0n) is 6.29. The van der Waals surface area contributed by atoms with Gasteiger partial charge in [-0.25, -0.2) is 0 Å². The third-order valence-corrected chi connectivity index (χ3v) is 1.80. The summed E-state index contributed by atoms with van der Waals surface area (Å²) in [6, 6.07) is 0. The SMILES string of the molecule is CC1(C)OC[C@H]([C@@H]2CO2)O1. The lowest BCUT2D eigenvalue weighted by Gasteiger charge is -2.15. The molecule has 2 rings (SSSR count). The van der Waals surface area contributed by atoms with Gasteiger partial charge < -0.3 is 14.2 Å². The Morgan fingerprint density at radius 2 is 1.90 bits per heavy atom. The zero-order chi connectivity index (χ0) is 7.19. The summed E-state index contributed by atoms with van der Waals surface area (Å²) in [4.78, 5) is 0. The van der Waals surface area contributed by atoms with Crippen LogP contribution in [-0.2, 0) is 14.2 Å². The second-order valence-corrected chi connectivity index (χ2v) is 3.24. The average molecular weight is 144 g/mol. The van der Waals surface area contributed by atoms with Crippen molar-refractivity contribution in [3.63, 3.8) is 0 Å². The van der Waals surface area contributed by atoms with Gasteiger partial charge in [-0.15, -0.1) is 0 Å². The molecular formula is C7H12O3. The number of hydrogen-bond donors (Lipinski definition) is 0. The van der Waals surface area contributed by atoms with Gasteiger partial charge in [-0.05, 0) is 13.8 Å². The molecule has 10 heavy (non-hydrogen) atoms. The van der Waals surface area contributed by atoms with E-state index in [0.717, 1.165) is 6.61 Å². The van der Waals surface area contributed by atoms with Gasteiger partial charge in [0, 0.05) is 0 Å². The van der Waals surface area contributed by atoms with Crippen LogP contribution in [0, 0.1) is 0 Å². The first-order valence-corrected chi connectivity index (χ1v) is 3.61. The van der Waals surface area contributed by atoms with E-state index in [1.54, 1.807) is 0 Å². The van der Waals surface area contributed by atoms with Crippen molar-refractivity contribution in [3.8, 4) is 0 Å². The van der Waals surface area contributed by atoms with Gasteiger partial charge >= 0.3 is 0 Å². The lowest BCUT2D eigenvalue weighted by atomic mass is 10.3. The summed E-state index contributed by atoms with van der Waals surface area (Å²) in [6.07, 6.45) is 0.483. The van der Waals surface area contributed by atoms with Gasteiger partial charge in [0.15, 0.2) is 5.79 Å². The molecule has 0 aromatic rings. The average Bonchev–Trinajstić information content (AvgIpc) is 2.59. The van der Waals surface area contributed by atoms with E-state index in [1.807, 2.05) is 13.8 Å². The molecule has 0 aromatic carbocycles. The first-order valence-electron chi connectivity index (χ1n) is 3.61. The molecule has 0 radical (unpaired) electrons. The Balaban J connectivity index is 1.92. The summed E-state index contributed by atoms with van der Waals surface area (Å²) in [6.45, 7) is 5.37. The predicted molar refractivity (Wildman–Crippen MR) is 34.6 cm³/mol. The third kappa shape index (κ3) is 1.17. The molecule has 0 aliphatic carbocycles. The lowest BCUT2D eigenvalue weighted by molar-refractivity contribution is -0.140. The van der Waals surface area contributed by atoms with E-state index in [4.69, 9.17) is 14.2 Å². The van der Waals surface area contributed by atoms with Gasteiger partial charge in [-0.2, -0.15) is 0 Å². The fraction of sp³-hybridized carbons (Fsp3) is 1.00. The summed E-state index contributed by atoms with van der Waals surface area (Å²) in [5, 5.41) is 0. The van der Waals surface area contributed by atoms with Crippen molar-refractivity contribution in [2.45, 2.75) is 31.8 Å². The minimum Gasteiger partial charge on any atom is -0.370 e. The van der Waals surface area contributed by atoms with Crippen molar-refractivity contribution in [1.82, 2.24) is 0 Å². The van der Waals surface area contributed by atoms with Crippen LogP contribution < -0.4 is 0 Å². The summed E-state index contributed by atoms with van der Waals surface area (Å²) >= 11 is 0. The van der Waals surface area contributed by atoms with Gasteiger partial charge in [0.25, 0.3) is 0 Å². The summed E-state index contributed by atoms with van der Waals surface area (Å²) < 4.78 is 16.0. The van der Waals surface area contributed by atoms with Crippen LogP contribution >= 0.6 is 0 Å². The number of epoxide rings is 1. The second kappa shape index (κ2) is 1.94. The van der Waals surface area contributed by atoms with Crippen LogP contribution in [-0.4, -0.2) is 31.2 Å². The van der Waals surface area contributed by atoms with Crippen LogP contribution in [0.4, 0.5) is 0 Å². The maximum absolute atomic E-state index is 5.53. The van der Waals surface area contributed by atoms with Gasteiger partial charge in [-0.3, -0.25) is 0 Å². The van der Waals surface area contributed by atoms with Crippen LogP contribution in [0.15, 0.2) is 0 Å². The number of ether oxygens (including phenoxy) is 3. The molecule has 2 atom stereocenters. The molecule has 3 heteroatoms. The highest BCUT2D eigenvalue weighted by molar-refractivity contribution is 4.84. The predicted octanol–water partition coefficient (Wildman–Crippen LogP) is 0.537. The van der Waals surface area contributed by atoms with Crippen LogP contribution in [0.3, 0.4) is 0 Å². The molecule has 2 heterocycles. The molecule has 0 spiro atoms. The largest absolute Gasteiger partial charge is 0.370 e. The summed E-state index contributed by atoms with van der Waals surface area (Å²) in [7, 11) is 0. The minimum absolute atomic E-state index is 0.176. The molecule has 0 unspecified atom stereocenters. The highest BCUT2D eigenvalue weighted by Gasteiger charge is 2.43. The van der Waals surface area contributed by atoms with Crippen LogP contribution in [0.25, 0.3) is 0 Å². The summed E-state index contributed by atoms with van der Waals surface area (Å²) in [5.74, 6) is -0.392. The fourth-order valence-corrected chi connectivity index (χ4v) is 1.17.